The van der Waals surface area contributed by atoms with Gasteiger partial charge in [0, 0.05) is 13.1 Å². The number of carbonyl (C=O) groups excluding carboxylic acids is 1. The molecule has 54 heavy (non-hydrogen) atoms. The number of carbonyl (C=O) groups is 1. The summed E-state index contributed by atoms with van der Waals surface area (Å²) in [5.41, 5.74) is 0.791. The first-order valence-electron chi connectivity index (χ1n) is 19.6. The third-order valence-corrected chi connectivity index (χ3v) is 12.7. The lowest BCUT2D eigenvalue weighted by atomic mass is 9.71. The first-order valence-corrected chi connectivity index (χ1v) is 19.6. The van der Waals surface area contributed by atoms with Crippen molar-refractivity contribution >= 4 is 23.5 Å². The Bertz CT molecular complexity index is 1750. The minimum absolute atomic E-state index is 0.0545. The predicted octanol–water partition coefficient (Wildman–Crippen LogP) is 11.5. The van der Waals surface area contributed by atoms with Gasteiger partial charge in [0.15, 0.2) is 0 Å². The van der Waals surface area contributed by atoms with Gasteiger partial charge in [0.2, 0.25) is 11.9 Å². The summed E-state index contributed by atoms with van der Waals surface area (Å²) in [6.45, 7) is 25.8. The topological polar surface area (TPSA) is 75.5 Å². The molecule has 0 spiro atoms. The van der Waals surface area contributed by atoms with Crippen LogP contribution < -0.4 is 14.8 Å². The van der Waals surface area contributed by atoms with Gasteiger partial charge in [-0.25, -0.2) is 18.2 Å². The van der Waals surface area contributed by atoms with Gasteiger partial charge in [-0.2, -0.15) is 4.99 Å². The number of guanidine groups is 1. The van der Waals surface area contributed by atoms with Crippen molar-refractivity contribution in [3.63, 3.8) is 0 Å². The highest BCUT2D eigenvalue weighted by Crippen LogP contribution is 2.45. The molecule has 7 unspecified atom stereocenters. The molecule has 0 radical (unpaired) electrons. The number of rotatable bonds is 15. The van der Waals surface area contributed by atoms with E-state index >= 15 is 13.2 Å². The van der Waals surface area contributed by atoms with Crippen LogP contribution >= 0.6 is 0 Å². The molecule has 7 nitrogen and oxygen atoms in total. The number of anilines is 1. The van der Waals surface area contributed by atoms with E-state index in [-0.39, 0.29) is 52.2 Å². The molecule has 7 atom stereocenters. The molecule has 1 amide bonds. The molecule has 2 aromatic rings. The first kappa shape index (κ1) is 42.9. The van der Waals surface area contributed by atoms with E-state index in [1.807, 2.05) is 19.9 Å². The minimum atomic E-state index is -3.44. The number of halogens is 3. The van der Waals surface area contributed by atoms with Gasteiger partial charge in [-0.15, -0.1) is 0 Å². The van der Waals surface area contributed by atoms with Crippen molar-refractivity contribution in [2.24, 2.45) is 45.5 Å². The lowest BCUT2D eigenvalue weighted by Crippen LogP contribution is -2.47. The molecule has 0 aromatic heterocycles. The fourth-order valence-electron chi connectivity index (χ4n) is 7.93. The highest BCUT2D eigenvalue weighted by molar-refractivity contribution is 6.07. The van der Waals surface area contributed by atoms with Crippen molar-refractivity contribution in [3.8, 4) is 11.5 Å². The number of hydrogen-bond acceptors (Lipinski definition) is 6. The van der Waals surface area contributed by atoms with Gasteiger partial charge in [-0.3, -0.25) is 4.79 Å². The van der Waals surface area contributed by atoms with E-state index in [0.29, 0.717) is 40.5 Å². The number of methoxy groups -OCH3 is 1. The lowest BCUT2D eigenvalue weighted by molar-refractivity contribution is -0.00596. The Morgan fingerprint density at radius 1 is 1.06 bits per heavy atom. The SMILES string of the molecule is C=C(C)C(F)(F)C1C(Oc2cccc3c2C(=O)N(C)C3(C)C)=NC(Nc2cc(F)c(C(C)C(C)C(C)C(CCC)CCC(C)C(C)C)cc2OC)=NC1C. The number of amides is 1. The van der Waals surface area contributed by atoms with Crippen LogP contribution in [0.1, 0.15) is 129 Å². The number of ether oxygens (including phenoxy) is 2. The molecule has 0 fully saturated rings. The zero-order valence-electron chi connectivity index (χ0n) is 34.7. The summed E-state index contributed by atoms with van der Waals surface area (Å²) in [7, 11) is 3.20. The summed E-state index contributed by atoms with van der Waals surface area (Å²) in [6.07, 6.45) is 4.59. The van der Waals surface area contributed by atoms with E-state index in [0.717, 1.165) is 19.3 Å². The highest BCUT2D eigenvalue weighted by atomic mass is 19.3. The maximum absolute atomic E-state index is 16.2. The monoisotopic (exact) mass is 752 g/mol. The van der Waals surface area contributed by atoms with Crippen LogP contribution in [0.4, 0.5) is 18.9 Å². The van der Waals surface area contributed by atoms with E-state index in [4.69, 9.17) is 9.47 Å². The summed E-state index contributed by atoms with van der Waals surface area (Å²) < 4.78 is 59.8. The molecular formula is C44H63F3N4O3. The predicted molar refractivity (Wildman–Crippen MR) is 215 cm³/mol. The van der Waals surface area contributed by atoms with E-state index in [1.165, 1.54) is 26.5 Å². The van der Waals surface area contributed by atoms with Gasteiger partial charge >= 0.3 is 0 Å². The van der Waals surface area contributed by atoms with Gasteiger partial charge in [0.1, 0.15) is 23.2 Å². The van der Waals surface area contributed by atoms with Crippen molar-refractivity contribution in [1.29, 1.82) is 0 Å². The maximum atomic E-state index is 16.2. The minimum Gasteiger partial charge on any atom is -0.495 e. The zero-order chi connectivity index (χ0) is 40.4. The summed E-state index contributed by atoms with van der Waals surface area (Å²) in [4.78, 5) is 23.9. The standard InChI is InChI=1S/C44H63F3N4O3/c1-15-17-31(21-20-26(6)24(2)3)28(8)27(7)29(9)32-22-37(53-14)35(23-34(32)45)49-42-48-30(10)39(44(46,47)25(4)5)40(50-42)54-36-19-16-18-33-38(36)41(52)51(13)43(33,11)12/h16,18-19,22-24,26-31,39H,4,15,17,20-21H2,1-3,5-14H3,(H,48,49). The van der Waals surface area contributed by atoms with Crippen molar-refractivity contribution < 1.29 is 27.4 Å². The van der Waals surface area contributed by atoms with Gasteiger partial charge in [-0.1, -0.05) is 86.4 Å². The Balaban J connectivity index is 1.67. The van der Waals surface area contributed by atoms with Crippen LogP contribution in [0.2, 0.25) is 0 Å². The van der Waals surface area contributed by atoms with Crippen molar-refractivity contribution in [3.05, 3.63) is 65.0 Å². The molecule has 2 heterocycles. The molecule has 0 bridgehead atoms. The van der Waals surface area contributed by atoms with E-state index < -0.39 is 29.2 Å². The molecular weight excluding hydrogens is 690 g/mol. The van der Waals surface area contributed by atoms with Crippen molar-refractivity contribution in [1.82, 2.24) is 4.90 Å². The second kappa shape index (κ2) is 16.9. The number of aliphatic imine (C=N–C) groups is 2. The van der Waals surface area contributed by atoms with Crippen LogP contribution in [0.5, 0.6) is 11.5 Å². The average molecular weight is 753 g/mol. The summed E-state index contributed by atoms with van der Waals surface area (Å²) in [5, 5.41) is 3.03. The smallest absolute Gasteiger partial charge is 0.282 e. The number of fused-ring (bicyclic) bond motifs is 1. The number of alkyl halides is 2. The summed E-state index contributed by atoms with van der Waals surface area (Å²) in [6, 6.07) is 7.16. The number of hydrogen-bond donors (Lipinski definition) is 1. The molecule has 10 heteroatoms. The maximum Gasteiger partial charge on any atom is 0.282 e. The van der Waals surface area contributed by atoms with E-state index in [9.17, 15) is 4.79 Å². The Morgan fingerprint density at radius 3 is 2.31 bits per heavy atom. The Morgan fingerprint density at radius 2 is 1.72 bits per heavy atom. The summed E-state index contributed by atoms with van der Waals surface area (Å²) in [5.74, 6) is -3.34. The molecule has 1 N–H and O–H groups in total. The van der Waals surface area contributed by atoms with Crippen LogP contribution in [0.15, 0.2) is 52.5 Å². The number of nitrogens with one attached hydrogen (secondary N) is 1. The average Bonchev–Trinajstić information content (AvgIpc) is 3.28. The van der Waals surface area contributed by atoms with Gasteiger partial charge in [-0.05, 0) is 98.5 Å². The molecule has 2 aliphatic heterocycles. The fourth-order valence-corrected chi connectivity index (χ4v) is 7.93. The van der Waals surface area contributed by atoms with Gasteiger partial charge < -0.3 is 19.7 Å². The fraction of sp³-hybridized carbons (Fsp3) is 0.614. The van der Waals surface area contributed by atoms with E-state index in [1.54, 1.807) is 37.1 Å². The van der Waals surface area contributed by atoms with Crippen molar-refractivity contribution in [2.75, 3.05) is 19.5 Å². The lowest BCUT2D eigenvalue weighted by Gasteiger charge is -2.34. The third-order valence-electron chi connectivity index (χ3n) is 12.7. The van der Waals surface area contributed by atoms with Gasteiger partial charge in [0.25, 0.3) is 11.8 Å². The van der Waals surface area contributed by atoms with Crippen LogP contribution in [0.3, 0.4) is 0 Å². The molecule has 0 saturated carbocycles. The second-order valence-corrected chi connectivity index (χ2v) is 16.8. The van der Waals surface area contributed by atoms with Crippen LogP contribution in [0, 0.1) is 41.3 Å². The molecule has 2 aromatic carbocycles. The second-order valence-electron chi connectivity index (χ2n) is 16.8. The Kier molecular flexibility index (Phi) is 13.4. The highest BCUT2D eigenvalue weighted by Gasteiger charge is 2.51. The number of allylic oxidation sites excluding steroid dienone is 1. The van der Waals surface area contributed by atoms with Gasteiger partial charge in [0.05, 0.1) is 29.9 Å². The normalized spacial score (nSPS) is 21.1. The Hall–Kier alpha value is -3.82. The van der Waals surface area contributed by atoms with Crippen LogP contribution in [0.25, 0.3) is 0 Å². The van der Waals surface area contributed by atoms with Crippen molar-refractivity contribution in [2.45, 2.75) is 125 Å². The Labute approximate surface area is 321 Å². The molecule has 2 aliphatic rings. The zero-order valence-corrected chi connectivity index (χ0v) is 34.7. The molecule has 0 saturated heterocycles. The first-order chi connectivity index (χ1) is 25.2. The number of nitrogens with zero attached hydrogens (tertiary/aromatic N) is 3. The molecule has 0 aliphatic carbocycles. The number of benzene rings is 2. The molecule has 4 rings (SSSR count). The summed E-state index contributed by atoms with van der Waals surface area (Å²) >= 11 is 0. The largest absolute Gasteiger partial charge is 0.495 e. The van der Waals surface area contributed by atoms with Crippen LogP contribution in [-0.2, 0) is 5.54 Å². The molecule has 298 valence electrons. The van der Waals surface area contributed by atoms with Crippen LogP contribution in [-0.4, -0.2) is 48.8 Å². The third kappa shape index (κ3) is 8.52. The quantitative estimate of drug-likeness (QED) is 0.184. The van der Waals surface area contributed by atoms with E-state index in [2.05, 4.69) is 70.3 Å².